The molecule has 0 saturated heterocycles. The molecule has 0 unspecified atom stereocenters. The first-order chi connectivity index (χ1) is 9.45. The maximum absolute atomic E-state index is 11.8. The maximum Gasteiger partial charge on any atom is 0.269 e. The van der Waals surface area contributed by atoms with Crippen LogP contribution in [0.5, 0.6) is 0 Å². The monoisotopic (exact) mass is 279 g/mol. The van der Waals surface area contributed by atoms with Gasteiger partial charge >= 0.3 is 0 Å². The lowest BCUT2D eigenvalue weighted by Crippen LogP contribution is -2.36. The molecule has 7 nitrogen and oxygen atoms in total. The summed E-state index contributed by atoms with van der Waals surface area (Å²) in [6, 6.07) is 3.55. The molecule has 0 fully saturated rings. The van der Waals surface area contributed by atoms with Crippen LogP contribution in [0, 0.1) is 0 Å². The van der Waals surface area contributed by atoms with Crippen LogP contribution >= 0.6 is 0 Å². The number of rotatable bonds is 6. The minimum absolute atomic E-state index is 0.0389. The minimum Gasteiger partial charge on any atom is -0.409 e. The SMILES string of the molecule is CC(C)N(C)CCNC(=O)c1ccc(C(N)=NO)cn1. The molecule has 110 valence electrons. The summed E-state index contributed by atoms with van der Waals surface area (Å²) in [5.74, 6) is -0.281. The molecule has 0 atom stereocenters. The van der Waals surface area contributed by atoms with Crippen LogP contribution in [0.2, 0.25) is 0 Å². The van der Waals surface area contributed by atoms with Crippen molar-refractivity contribution < 1.29 is 10.0 Å². The van der Waals surface area contributed by atoms with E-state index < -0.39 is 0 Å². The van der Waals surface area contributed by atoms with Gasteiger partial charge in [-0.25, -0.2) is 0 Å². The zero-order valence-corrected chi connectivity index (χ0v) is 12.0. The molecule has 20 heavy (non-hydrogen) atoms. The second-order valence-corrected chi connectivity index (χ2v) is 4.75. The highest BCUT2D eigenvalue weighted by Crippen LogP contribution is 2.00. The molecule has 0 aliphatic heterocycles. The Balaban J connectivity index is 2.52. The molecule has 4 N–H and O–H groups in total. The third-order valence-corrected chi connectivity index (χ3v) is 3.03. The molecule has 7 heteroatoms. The summed E-state index contributed by atoms with van der Waals surface area (Å²) < 4.78 is 0. The number of nitrogens with one attached hydrogen (secondary N) is 1. The Hall–Kier alpha value is -2.15. The van der Waals surface area contributed by atoms with Crippen LogP contribution in [0.3, 0.4) is 0 Å². The van der Waals surface area contributed by atoms with Crippen LogP contribution in [0.25, 0.3) is 0 Å². The molecule has 0 spiro atoms. The van der Waals surface area contributed by atoms with E-state index in [1.807, 2.05) is 7.05 Å². The van der Waals surface area contributed by atoms with Crippen molar-refractivity contribution in [2.75, 3.05) is 20.1 Å². The van der Waals surface area contributed by atoms with E-state index in [-0.39, 0.29) is 11.7 Å². The highest BCUT2D eigenvalue weighted by molar-refractivity contribution is 5.98. The first-order valence-electron chi connectivity index (χ1n) is 6.38. The molecule has 0 aliphatic carbocycles. The average Bonchev–Trinajstić information content (AvgIpc) is 2.46. The molecule has 1 aromatic rings. The van der Waals surface area contributed by atoms with Gasteiger partial charge < -0.3 is 21.2 Å². The Labute approximate surface area is 118 Å². The number of amidine groups is 1. The number of amides is 1. The molecule has 1 rings (SSSR count). The van der Waals surface area contributed by atoms with Crippen molar-refractivity contribution in [3.05, 3.63) is 29.6 Å². The van der Waals surface area contributed by atoms with Crippen molar-refractivity contribution in [3.63, 3.8) is 0 Å². The molecule has 1 aromatic heterocycles. The Morgan fingerprint density at radius 1 is 1.55 bits per heavy atom. The third kappa shape index (κ3) is 4.51. The smallest absolute Gasteiger partial charge is 0.269 e. The van der Waals surface area contributed by atoms with Crippen LogP contribution in [0.4, 0.5) is 0 Å². The number of nitrogens with two attached hydrogens (primary N) is 1. The summed E-state index contributed by atoms with van der Waals surface area (Å²) in [6.07, 6.45) is 1.39. The van der Waals surface area contributed by atoms with E-state index in [9.17, 15) is 4.79 Å². The summed E-state index contributed by atoms with van der Waals surface area (Å²) in [5, 5.41) is 14.2. The van der Waals surface area contributed by atoms with E-state index in [4.69, 9.17) is 10.9 Å². The third-order valence-electron chi connectivity index (χ3n) is 3.03. The molecule has 0 saturated carbocycles. The van der Waals surface area contributed by atoms with Gasteiger partial charge in [0.05, 0.1) is 0 Å². The van der Waals surface area contributed by atoms with Crippen molar-refractivity contribution in [2.24, 2.45) is 10.9 Å². The second-order valence-electron chi connectivity index (χ2n) is 4.75. The number of oxime groups is 1. The number of carbonyl (C=O) groups is 1. The quantitative estimate of drug-likeness (QED) is 0.300. The van der Waals surface area contributed by atoms with Gasteiger partial charge in [-0.3, -0.25) is 9.78 Å². The Morgan fingerprint density at radius 2 is 2.25 bits per heavy atom. The van der Waals surface area contributed by atoms with E-state index in [0.717, 1.165) is 6.54 Å². The molecule has 0 aromatic carbocycles. The van der Waals surface area contributed by atoms with E-state index >= 15 is 0 Å². The molecule has 1 amide bonds. The van der Waals surface area contributed by atoms with Crippen molar-refractivity contribution in [1.82, 2.24) is 15.2 Å². The van der Waals surface area contributed by atoms with Crippen LogP contribution < -0.4 is 11.1 Å². The van der Waals surface area contributed by atoms with Gasteiger partial charge in [-0.1, -0.05) is 5.16 Å². The zero-order chi connectivity index (χ0) is 15.1. The highest BCUT2D eigenvalue weighted by atomic mass is 16.4. The number of pyridine rings is 1. The van der Waals surface area contributed by atoms with Gasteiger partial charge in [0.25, 0.3) is 5.91 Å². The fourth-order valence-corrected chi connectivity index (χ4v) is 1.43. The topological polar surface area (TPSA) is 104 Å². The van der Waals surface area contributed by atoms with E-state index in [1.165, 1.54) is 12.3 Å². The van der Waals surface area contributed by atoms with Gasteiger partial charge in [0, 0.05) is 30.9 Å². The van der Waals surface area contributed by atoms with Crippen molar-refractivity contribution >= 4 is 11.7 Å². The van der Waals surface area contributed by atoms with Crippen molar-refractivity contribution in [2.45, 2.75) is 19.9 Å². The maximum atomic E-state index is 11.8. The number of nitrogens with zero attached hydrogens (tertiary/aromatic N) is 3. The van der Waals surface area contributed by atoms with Crippen LogP contribution in [-0.4, -0.2) is 53.0 Å². The lowest BCUT2D eigenvalue weighted by atomic mass is 10.2. The van der Waals surface area contributed by atoms with E-state index in [1.54, 1.807) is 6.07 Å². The van der Waals surface area contributed by atoms with Gasteiger partial charge in [-0.05, 0) is 33.0 Å². The minimum atomic E-state index is -0.242. The van der Waals surface area contributed by atoms with Crippen LogP contribution in [0.15, 0.2) is 23.5 Å². The van der Waals surface area contributed by atoms with Crippen molar-refractivity contribution in [3.8, 4) is 0 Å². The zero-order valence-electron chi connectivity index (χ0n) is 12.0. The van der Waals surface area contributed by atoms with Gasteiger partial charge in [0.1, 0.15) is 5.69 Å². The number of carbonyl (C=O) groups excluding carboxylic acids is 1. The van der Waals surface area contributed by atoms with Crippen LogP contribution in [0.1, 0.15) is 29.9 Å². The average molecular weight is 279 g/mol. The molecule has 1 heterocycles. The lowest BCUT2D eigenvalue weighted by molar-refractivity contribution is 0.0943. The van der Waals surface area contributed by atoms with Gasteiger partial charge in [0.2, 0.25) is 0 Å². The first kappa shape index (κ1) is 15.9. The van der Waals surface area contributed by atoms with Gasteiger partial charge in [0.15, 0.2) is 5.84 Å². The predicted octanol–water partition coefficient (Wildman–Crippen LogP) is 0.246. The van der Waals surface area contributed by atoms with Crippen LogP contribution in [-0.2, 0) is 0 Å². The van der Waals surface area contributed by atoms with Crippen molar-refractivity contribution in [1.29, 1.82) is 0 Å². The van der Waals surface area contributed by atoms with Gasteiger partial charge in [-0.15, -0.1) is 0 Å². The summed E-state index contributed by atoms with van der Waals surface area (Å²) in [4.78, 5) is 18.0. The standard InChI is InChI=1S/C13H21N5O2/c1-9(2)18(3)7-6-15-13(19)11-5-4-10(8-16-11)12(14)17-20/h4-5,8-9,20H,6-7H2,1-3H3,(H2,14,17)(H,15,19). The molecule has 0 bridgehead atoms. The number of likely N-dealkylation sites (N-methyl/N-ethyl adjacent to an activating group) is 1. The number of aromatic nitrogens is 1. The summed E-state index contributed by atoms with van der Waals surface area (Å²) in [7, 11) is 2.00. The molecule has 0 aliphatic rings. The number of hydrogen-bond donors (Lipinski definition) is 3. The van der Waals surface area contributed by atoms with E-state index in [0.29, 0.717) is 23.8 Å². The summed E-state index contributed by atoms with van der Waals surface area (Å²) in [5.41, 5.74) is 6.18. The summed E-state index contributed by atoms with van der Waals surface area (Å²) in [6.45, 7) is 5.51. The predicted molar refractivity (Wildman–Crippen MR) is 76.8 cm³/mol. The van der Waals surface area contributed by atoms with Gasteiger partial charge in [-0.2, -0.15) is 0 Å². The highest BCUT2D eigenvalue weighted by Gasteiger charge is 2.09. The summed E-state index contributed by atoms with van der Waals surface area (Å²) >= 11 is 0. The normalized spacial score (nSPS) is 11.9. The largest absolute Gasteiger partial charge is 0.409 e. The number of hydrogen-bond acceptors (Lipinski definition) is 5. The fraction of sp³-hybridized carbons (Fsp3) is 0.462. The first-order valence-corrected chi connectivity index (χ1v) is 6.38. The second kappa shape index (κ2) is 7.44. The Kier molecular flexibility index (Phi) is 5.92. The Bertz CT molecular complexity index is 470. The molecule has 0 radical (unpaired) electrons. The fourth-order valence-electron chi connectivity index (χ4n) is 1.43. The lowest BCUT2D eigenvalue weighted by Gasteiger charge is -2.20. The molecular formula is C13H21N5O2. The molecular weight excluding hydrogens is 258 g/mol. The Morgan fingerprint density at radius 3 is 2.75 bits per heavy atom. The van der Waals surface area contributed by atoms with E-state index in [2.05, 4.69) is 34.2 Å².